The summed E-state index contributed by atoms with van der Waals surface area (Å²) in [6, 6.07) is 8.11. The SMILES string of the molecule is COc1ccc(C(C)CCNC(=O)C2(N)CCCCC2)cc1. The van der Waals surface area contributed by atoms with Crippen molar-refractivity contribution < 1.29 is 9.53 Å². The molecular weight excluding hydrogens is 276 g/mol. The van der Waals surface area contributed by atoms with Crippen molar-refractivity contribution in [2.24, 2.45) is 5.73 Å². The van der Waals surface area contributed by atoms with Gasteiger partial charge in [0.05, 0.1) is 12.6 Å². The van der Waals surface area contributed by atoms with Crippen molar-refractivity contribution >= 4 is 5.91 Å². The smallest absolute Gasteiger partial charge is 0.240 e. The summed E-state index contributed by atoms with van der Waals surface area (Å²) in [5.41, 5.74) is 6.86. The van der Waals surface area contributed by atoms with Gasteiger partial charge in [0.1, 0.15) is 5.75 Å². The molecule has 0 bridgehead atoms. The predicted molar refractivity (Wildman–Crippen MR) is 89.0 cm³/mol. The average molecular weight is 304 g/mol. The average Bonchev–Trinajstić information content (AvgIpc) is 2.55. The van der Waals surface area contributed by atoms with Crippen molar-refractivity contribution in [3.63, 3.8) is 0 Å². The third-order valence-electron chi connectivity index (χ3n) is 4.75. The van der Waals surface area contributed by atoms with E-state index in [1.54, 1.807) is 7.11 Å². The molecule has 0 spiro atoms. The molecular formula is C18H28N2O2. The number of nitrogens with two attached hydrogens (primary N) is 1. The van der Waals surface area contributed by atoms with Gasteiger partial charge in [0.15, 0.2) is 0 Å². The molecule has 3 N–H and O–H groups in total. The number of carbonyl (C=O) groups is 1. The van der Waals surface area contributed by atoms with Crippen molar-refractivity contribution in [2.45, 2.75) is 56.9 Å². The normalized spacial score (nSPS) is 18.5. The quantitative estimate of drug-likeness (QED) is 0.849. The molecule has 1 fully saturated rings. The summed E-state index contributed by atoms with van der Waals surface area (Å²) < 4.78 is 5.17. The summed E-state index contributed by atoms with van der Waals surface area (Å²) >= 11 is 0. The minimum absolute atomic E-state index is 0.0223. The maximum atomic E-state index is 12.3. The van der Waals surface area contributed by atoms with Gasteiger partial charge in [-0.1, -0.05) is 38.3 Å². The first kappa shape index (κ1) is 16.8. The Morgan fingerprint density at radius 3 is 2.50 bits per heavy atom. The molecule has 2 rings (SSSR count). The van der Waals surface area contributed by atoms with Crippen LogP contribution in [0.5, 0.6) is 5.75 Å². The largest absolute Gasteiger partial charge is 0.497 e. The van der Waals surface area contributed by atoms with Crippen LogP contribution in [0.4, 0.5) is 0 Å². The Bertz CT molecular complexity index is 478. The van der Waals surface area contributed by atoms with Gasteiger partial charge in [-0.05, 0) is 42.9 Å². The van der Waals surface area contributed by atoms with Crippen LogP contribution in [0.2, 0.25) is 0 Å². The van der Waals surface area contributed by atoms with E-state index in [4.69, 9.17) is 10.5 Å². The lowest BCUT2D eigenvalue weighted by molar-refractivity contribution is -0.127. The van der Waals surface area contributed by atoms with Crippen molar-refractivity contribution in [1.82, 2.24) is 5.32 Å². The molecule has 1 aromatic rings. The fourth-order valence-electron chi connectivity index (χ4n) is 3.09. The predicted octanol–water partition coefficient (Wildman–Crippen LogP) is 2.97. The molecule has 1 saturated carbocycles. The summed E-state index contributed by atoms with van der Waals surface area (Å²) in [5, 5.41) is 3.03. The van der Waals surface area contributed by atoms with E-state index in [-0.39, 0.29) is 5.91 Å². The van der Waals surface area contributed by atoms with Gasteiger partial charge in [-0.3, -0.25) is 4.79 Å². The van der Waals surface area contributed by atoms with Gasteiger partial charge in [0.2, 0.25) is 5.91 Å². The standard InChI is InChI=1S/C18H28N2O2/c1-14(15-6-8-16(22-2)9-7-15)10-13-20-17(21)18(19)11-4-3-5-12-18/h6-9,14H,3-5,10-13,19H2,1-2H3,(H,20,21). The number of methoxy groups -OCH3 is 1. The Kier molecular flexibility index (Phi) is 5.83. The van der Waals surface area contributed by atoms with Crippen LogP contribution < -0.4 is 15.8 Å². The van der Waals surface area contributed by atoms with Crippen LogP contribution in [0.1, 0.15) is 56.9 Å². The fraction of sp³-hybridized carbons (Fsp3) is 0.611. The molecule has 1 aromatic carbocycles. The summed E-state index contributed by atoms with van der Waals surface area (Å²) in [5.74, 6) is 1.28. The Labute approximate surface area is 133 Å². The van der Waals surface area contributed by atoms with Crippen LogP contribution in [0.15, 0.2) is 24.3 Å². The zero-order valence-corrected chi connectivity index (χ0v) is 13.7. The summed E-state index contributed by atoms with van der Waals surface area (Å²) in [4.78, 5) is 12.3. The maximum absolute atomic E-state index is 12.3. The van der Waals surface area contributed by atoms with E-state index in [1.807, 2.05) is 12.1 Å². The van der Waals surface area contributed by atoms with Crippen LogP contribution in [0.3, 0.4) is 0 Å². The molecule has 1 amide bonds. The molecule has 1 aliphatic rings. The third kappa shape index (κ3) is 4.23. The van der Waals surface area contributed by atoms with E-state index in [0.717, 1.165) is 37.9 Å². The van der Waals surface area contributed by atoms with Crippen LogP contribution in [-0.4, -0.2) is 25.1 Å². The number of amides is 1. The summed E-state index contributed by atoms with van der Waals surface area (Å²) in [6.07, 6.45) is 5.85. The van der Waals surface area contributed by atoms with Gasteiger partial charge < -0.3 is 15.8 Å². The summed E-state index contributed by atoms with van der Waals surface area (Å²) in [7, 11) is 1.67. The van der Waals surface area contributed by atoms with Crippen LogP contribution in [0.25, 0.3) is 0 Å². The first-order chi connectivity index (χ1) is 10.5. The Hall–Kier alpha value is -1.55. The van der Waals surface area contributed by atoms with Gasteiger partial charge in [-0.2, -0.15) is 0 Å². The second-order valence-corrected chi connectivity index (χ2v) is 6.44. The number of rotatable bonds is 6. The molecule has 4 nitrogen and oxygen atoms in total. The van der Waals surface area contributed by atoms with Crippen molar-refractivity contribution in [1.29, 1.82) is 0 Å². The minimum atomic E-state index is -0.637. The second kappa shape index (κ2) is 7.63. The zero-order valence-electron chi connectivity index (χ0n) is 13.7. The highest BCUT2D eigenvalue weighted by Gasteiger charge is 2.34. The van der Waals surface area contributed by atoms with Crippen molar-refractivity contribution in [3.05, 3.63) is 29.8 Å². The van der Waals surface area contributed by atoms with Gasteiger partial charge in [-0.25, -0.2) is 0 Å². The maximum Gasteiger partial charge on any atom is 0.240 e. The monoisotopic (exact) mass is 304 g/mol. The number of nitrogens with one attached hydrogen (secondary N) is 1. The molecule has 1 atom stereocenters. The molecule has 4 heteroatoms. The van der Waals surface area contributed by atoms with Crippen molar-refractivity contribution in [3.8, 4) is 5.75 Å². The molecule has 0 saturated heterocycles. The minimum Gasteiger partial charge on any atom is -0.497 e. The highest BCUT2D eigenvalue weighted by atomic mass is 16.5. The van der Waals surface area contributed by atoms with Gasteiger partial charge in [0.25, 0.3) is 0 Å². The van der Waals surface area contributed by atoms with E-state index < -0.39 is 5.54 Å². The molecule has 0 heterocycles. The topological polar surface area (TPSA) is 64.3 Å². The number of hydrogen-bond acceptors (Lipinski definition) is 3. The lowest BCUT2D eigenvalue weighted by Crippen LogP contribution is -2.55. The van der Waals surface area contributed by atoms with Crippen molar-refractivity contribution in [2.75, 3.05) is 13.7 Å². The number of benzene rings is 1. The number of carbonyl (C=O) groups excluding carboxylic acids is 1. The Morgan fingerprint density at radius 2 is 1.91 bits per heavy atom. The highest BCUT2D eigenvalue weighted by molar-refractivity contribution is 5.86. The van der Waals surface area contributed by atoms with Gasteiger partial charge >= 0.3 is 0 Å². The second-order valence-electron chi connectivity index (χ2n) is 6.44. The lowest BCUT2D eigenvalue weighted by Gasteiger charge is -2.32. The third-order valence-corrected chi connectivity index (χ3v) is 4.75. The van der Waals surface area contributed by atoms with E-state index >= 15 is 0 Å². The molecule has 0 aliphatic heterocycles. The van der Waals surface area contributed by atoms with Gasteiger partial charge in [0, 0.05) is 6.54 Å². The number of ether oxygens (including phenoxy) is 1. The first-order valence-electron chi connectivity index (χ1n) is 8.26. The zero-order chi connectivity index (χ0) is 16.0. The molecule has 0 aromatic heterocycles. The summed E-state index contributed by atoms with van der Waals surface area (Å²) in [6.45, 7) is 2.85. The molecule has 1 unspecified atom stereocenters. The van der Waals surface area contributed by atoms with Crippen LogP contribution in [0, 0.1) is 0 Å². The molecule has 22 heavy (non-hydrogen) atoms. The van der Waals surface area contributed by atoms with Gasteiger partial charge in [-0.15, -0.1) is 0 Å². The van der Waals surface area contributed by atoms with E-state index in [0.29, 0.717) is 12.5 Å². The highest BCUT2D eigenvalue weighted by Crippen LogP contribution is 2.26. The van der Waals surface area contributed by atoms with Crippen LogP contribution in [-0.2, 0) is 4.79 Å². The molecule has 1 aliphatic carbocycles. The van der Waals surface area contributed by atoms with E-state index in [1.165, 1.54) is 12.0 Å². The molecule has 122 valence electrons. The fourth-order valence-corrected chi connectivity index (χ4v) is 3.09. The number of hydrogen-bond donors (Lipinski definition) is 2. The first-order valence-corrected chi connectivity index (χ1v) is 8.26. The lowest BCUT2D eigenvalue weighted by atomic mass is 9.82. The van der Waals surface area contributed by atoms with Crippen LogP contribution >= 0.6 is 0 Å². The van der Waals surface area contributed by atoms with E-state index in [9.17, 15) is 4.79 Å². The van der Waals surface area contributed by atoms with E-state index in [2.05, 4.69) is 24.4 Å². The molecule has 0 radical (unpaired) electrons. The Morgan fingerprint density at radius 1 is 1.27 bits per heavy atom. The Balaban J connectivity index is 1.78.